The number of carbonyl (C=O) groups is 2. The Morgan fingerprint density at radius 3 is 2.72 bits per heavy atom. The Hall–Kier alpha value is -1.85. The summed E-state index contributed by atoms with van der Waals surface area (Å²) in [6.07, 6.45) is 2.56. The predicted molar refractivity (Wildman–Crippen MR) is 64.0 cm³/mol. The van der Waals surface area contributed by atoms with E-state index in [2.05, 4.69) is 10.3 Å². The fourth-order valence-electron chi connectivity index (χ4n) is 1.73. The lowest BCUT2D eigenvalue weighted by Gasteiger charge is -2.11. The number of aromatic nitrogens is 1. The second-order valence-electron chi connectivity index (χ2n) is 4.58. The van der Waals surface area contributed by atoms with Gasteiger partial charge in [0, 0.05) is 5.92 Å². The van der Waals surface area contributed by atoms with Crippen LogP contribution >= 0.6 is 0 Å². The Morgan fingerprint density at radius 2 is 2.22 bits per heavy atom. The molecule has 0 saturated heterocycles. The molecule has 1 aliphatic rings. The van der Waals surface area contributed by atoms with Crippen molar-refractivity contribution in [3.05, 3.63) is 17.3 Å². The molecule has 0 spiro atoms. The van der Waals surface area contributed by atoms with Gasteiger partial charge in [-0.25, -0.2) is 4.98 Å². The number of hydrogen-bond donors (Lipinski definition) is 2. The van der Waals surface area contributed by atoms with Crippen molar-refractivity contribution in [2.24, 2.45) is 5.73 Å². The molecule has 0 radical (unpaired) electrons. The standard InChI is InChI=1S/C12H17N3O3/c1-3-8(10(13)16)15-11(17)9-6(2)14-12(18-9)7-4-5-7/h7-8H,3-5H2,1-2H3,(H2,13,16)(H,15,17)/t8-/m1/s1. The number of aryl methyl sites for hydroxylation is 1. The molecule has 18 heavy (non-hydrogen) atoms. The molecule has 0 aliphatic heterocycles. The van der Waals surface area contributed by atoms with Gasteiger partial charge in [0.1, 0.15) is 6.04 Å². The van der Waals surface area contributed by atoms with Crippen molar-refractivity contribution in [3.8, 4) is 0 Å². The number of carbonyl (C=O) groups excluding carboxylic acids is 2. The smallest absolute Gasteiger partial charge is 0.289 e. The summed E-state index contributed by atoms with van der Waals surface area (Å²) in [5.41, 5.74) is 5.72. The molecular formula is C12H17N3O3. The average molecular weight is 251 g/mol. The van der Waals surface area contributed by atoms with Crippen LogP contribution in [0.3, 0.4) is 0 Å². The van der Waals surface area contributed by atoms with Gasteiger partial charge < -0.3 is 15.5 Å². The maximum absolute atomic E-state index is 11.9. The van der Waals surface area contributed by atoms with Gasteiger partial charge in [-0.1, -0.05) is 6.92 Å². The third kappa shape index (κ3) is 2.52. The monoisotopic (exact) mass is 251 g/mol. The van der Waals surface area contributed by atoms with Crippen LogP contribution in [-0.4, -0.2) is 22.8 Å². The van der Waals surface area contributed by atoms with Gasteiger partial charge in [0.25, 0.3) is 5.91 Å². The van der Waals surface area contributed by atoms with E-state index in [4.69, 9.17) is 10.2 Å². The lowest BCUT2D eigenvalue weighted by atomic mass is 10.2. The zero-order chi connectivity index (χ0) is 13.3. The van der Waals surface area contributed by atoms with Gasteiger partial charge >= 0.3 is 0 Å². The van der Waals surface area contributed by atoms with E-state index in [-0.39, 0.29) is 5.76 Å². The number of rotatable bonds is 5. The molecule has 0 aromatic carbocycles. The molecule has 1 aromatic rings. The van der Waals surface area contributed by atoms with E-state index in [1.54, 1.807) is 13.8 Å². The van der Waals surface area contributed by atoms with Crippen molar-refractivity contribution in [3.63, 3.8) is 0 Å². The summed E-state index contributed by atoms with van der Waals surface area (Å²) < 4.78 is 5.45. The Labute approximate surface area is 105 Å². The fourth-order valence-corrected chi connectivity index (χ4v) is 1.73. The molecule has 2 amide bonds. The van der Waals surface area contributed by atoms with E-state index in [1.807, 2.05) is 0 Å². The summed E-state index contributed by atoms with van der Waals surface area (Å²) in [5.74, 6) is 0.160. The van der Waals surface area contributed by atoms with Gasteiger partial charge in [-0.15, -0.1) is 0 Å². The first kappa shape index (κ1) is 12.6. The lowest BCUT2D eigenvalue weighted by molar-refractivity contribution is -0.119. The molecule has 1 heterocycles. The minimum atomic E-state index is -0.675. The molecule has 3 N–H and O–H groups in total. The number of amides is 2. The third-order valence-electron chi connectivity index (χ3n) is 3.00. The zero-order valence-corrected chi connectivity index (χ0v) is 10.5. The average Bonchev–Trinajstić information content (AvgIpc) is 3.09. The van der Waals surface area contributed by atoms with Gasteiger partial charge in [-0.2, -0.15) is 0 Å². The van der Waals surface area contributed by atoms with Gasteiger partial charge in [-0.05, 0) is 26.2 Å². The highest BCUT2D eigenvalue weighted by molar-refractivity contribution is 5.95. The molecular weight excluding hydrogens is 234 g/mol. The Balaban J connectivity index is 2.10. The SMILES string of the molecule is CC[C@@H](NC(=O)c1oc(C2CC2)nc1C)C(N)=O. The third-order valence-corrected chi connectivity index (χ3v) is 3.00. The number of nitrogens with one attached hydrogen (secondary N) is 1. The fraction of sp³-hybridized carbons (Fsp3) is 0.583. The molecule has 1 aliphatic carbocycles. The molecule has 6 nitrogen and oxygen atoms in total. The maximum Gasteiger partial charge on any atom is 0.289 e. The Morgan fingerprint density at radius 1 is 1.56 bits per heavy atom. The summed E-state index contributed by atoms with van der Waals surface area (Å²) >= 11 is 0. The van der Waals surface area contributed by atoms with Crippen molar-refractivity contribution in [1.29, 1.82) is 0 Å². The largest absolute Gasteiger partial charge is 0.435 e. The van der Waals surface area contributed by atoms with Crippen LogP contribution in [-0.2, 0) is 4.79 Å². The first-order chi connectivity index (χ1) is 8.52. The van der Waals surface area contributed by atoms with Gasteiger partial charge in [0.15, 0.2) is 5.89 Å². The Bertz CT molecular complexity index is 477. The van der Waals surface area contributed by atoms with Crippen LogP contribution in [0.15, 0.2) is 4.42 Å². The minimum absolute atomic E-state index is 0.177. The van der Waals surface area contributed by atoms with E-state index in [1.165, 1.54) is 0 Å². The normalized spacial score (nSPS) is 16.3. The molecule has 2 rings (SSSR count). The number of oxazole rings is 1. The van der Waals surface area contributed by atoms with Crippen molar-refractivity contribution < 1.29 is 14.0 Å². The van der Waals surface area contributed by atoms with Crippen LogP contribution < -0.4 is 11.1 Å². The quantitative estimate of drug-likeness (QED) is 0.810. The second-order valence-corrected chi connectivity index (χ2v) is 4.58. The maximum atomic E-state index is 11.9. The second kappa shape index (κ2) is 4.80. The van der Waals surface area contributed by atoms with Crippen LogP contribution in [0.25, 0.3) is 0 Å². The van der Waals surface area contributed by atoms with Crippen LogP contribution in [0.4, 0.5) is 0 Å². The van der Waals surface area contributed by atoms with Crippen molar-refractivity contribution in [1.82, 2.24) is 10.3 Å². The summed E-state index contributed by atoms with van der Waals surface area (Å²) in [4.78, 5) is 27.2. The number of hydrogen-bond acceptors (Lipinski definition) is 4. The highest BCUT2D eigenvalue weighted by Crippen LogP contribution is 2.40. The minimum Gasteiger partial charge on any atom is -0.435 e. The summed E-state index contributed by atoms with van der Waals surface area (Å²) in [7, 11) is 0. The zero-order valence-electron chi connectivity index (χ0n) is 10.5. The first-order valence-corrected chi connectivity index (χ1v) is 6.10. The molecule has 1 saturated carbocycles. The van der Waals surface area contributed by atoms with Crippen molar-refractivity contribution in [2.45, 2.75) is 45.1 Å². The first-order valence-electron chi connectivity index (χ1n) is 6.10. The summed E-state index contributed by atoms with van der Waals surface area (Å²) in [6.45, 7) is 3.49. The van der Waals surface area contributed by atoms with E-state index >= 15 is 0 Å². The summed E-state index contributed by atoms with van der Waals surface area (Å²) in [5, 5.41) is 2.55. The molecule has 1 fully saturated rings. The number of nitrogens with zero attached hydrogens (tertiary/aromatic N) is 1. The van der Waals surface area contributed by atoms with Gasteiger partial charge in [0.2, 0.25) is 11.7 Å². The van der Waals surface area contributed by atoms with Crippen molar-refractivity contribution >= 4 is 11.8 Å². The predicted octanol–water partition coefficient (Wildman–Crippen LogP) is 0.854. The van der Waals surface area contributed by atoms with Crippen LogP contribution in [0, 0.1) is 6.92 Å². The highest BCUT2D eigenvalue weighted by atomic mass is 16.4. The Kier molecular flexibility index (Phi) is 3.36. The van der Waals surface area contributed by atoms with E-state index in [9.17, 15) is 9.59 Å². The van der Waals surface area contributed by atoms with Crippen LogP contribution in [0.2, 0.25) is 0 Å². The molecule has 6 heteroatoms. The molecule has 1 aromatic heterocycles. The summed E-state index contributed by atoms with van der Waals surface area (Å²) in [6, 6.07) is -0.675. The van der Waals surface area contributed by atoms with Gasteiger partial charge in [0.05, 0.1) is 5.69 Å². The highest BCUT2D eigenvalue weighted by Gasteiger charge is 2.31. The van der Waals surface area contributed by atoms with E-state index in [0.717, 1.165) is 12.8 Å². The molecule has 0 unspecified atom stereocenters. The number of primary amides is 1. The van der Waals surface area contributed by atoms with E-state index < -0.39 is 17.9 Å². The van der Waals surface area contributed by atoms with Crippen LogP contribution in [0.5, 0.6) is 0 Å². The van der Waals surface area contributed by atoms with Gasteiger partial charge in [-0.3, -0.25) is 9.59 Å². The molecule has 0 bridgehead atoms. The van der Waals surface area contributed by atoms with E-state index in [0.29, 0.717) is 23.9 Å². The number of nitrogens with two attached hydrogens (primary N) is 1. The van der Waals surface area contributed by atoms with Crippen LogP contribution in [0.1, 0.15) is 54.2 Å². The molecule has 1 atom stereocenters. The topological polar surface area (TPSA) is 98.2 Å². The van der Waals surface area contributed by atoms with Crippen molar-refractivity contribution in [2.75, 3.05) is 0 Å². The lowest BCUT2D eigenvalue weighted by Crippen LogP contribution is -2.44. The molecule has 98 valence electrons.